The third-order valence-electron chi connectivity index (χ3n) is 3.93. The number of nitrogens with one attached hydrogen (secondary N) is 1. The number of rotatable bonds is 7. The normalized spacial score (nSPS) is 10.6. The Morgan fingerprint density at radius 1 is 1.20 bits per heavy atom. The number of hydrogen-bond acceptors (Lipinski definition) is 4. The molecule has 0 radical (unpaired) electrons. The lowest BCUT2D eigenvalue weighted by molar-refractivity contribution is -0.114. The molecule has 134 valence electrons. The second-order valence-corrected chi connectivity index (χ2v) is 6.60. The molecule has 0 fully saturated rings. The number of hydrogen-bond donors (Lipinski definition) is 1. The highest BCUT2D eigenvalue weighted by atomic mass is 35.5. The van der Waals surface area contributed by atoms with Gasteiger partial charge in [0.15, 0.2) is 0 Å². The minimum Gasteiger partial charge on any atom is -0.369 e. The largest absolute Gasteiger partial charge is 0.369 e. The molecule has 0 aliphatic carbocycles. The standard InChI is InChI=1S/C19H25ClN4O/c1-5-24(14(2)3)17-9-7-16(8-10-17)22-19(25)13-23(4)18-11-6-15(20)12-21-18/h6-12,14H,5,13H2,1-4H3,(H,22,25). The SMILES string of the molecule is CCN(c1ccc(NC(=O)CN(C)c2ccc(Cl)cn2)cc1)C(C)C. The van der Waals surface area contributed by atoms with E-state index in [1.807, 2.05) is 31.3 Å². The molecule has 1 aromatic heterocycles. The van der Waals surface area contributed by atoms with E-state index in [9.17, 15) is 4.79 Å². The predicted octanol–water partition coefficient (Wildman–Crippen LogP) is 4.04. The fraction of sp³-hybridized carbons (Fsp3) is 0.368. The molecule has 0 saturated carbocycles. The molecule has 0 atom stereocenters. The molecule has 0 bridgehead atoms. The first-order valence-corrected chi connectivity index (χ1v) is 8.77. The maximum atomic E-state index is 12.2. The van der Waals surface area contributed by atoms with Crippen LogP contribution < -0.4 is 15.1 Å². The lowest BCUT2D eigenvalue weighted by atomic mass is 10.2. The summed E-state index contributed by atoms with van der Waals surface area (Å²) in [5, 5.41) is 3.49. The third-order valence-corrected chi connectivity index (χ3v) is 4.15. The molecule has 0 saturated heterocycles. The van der Waals surface area contributed by atoms with E-state index in [0.717, 1.165) is 17.9 Å². The fourth-order valence-corrected chi connectivity index (χ4v) is 2.78. The van der Waals surface area contributed by atoms with Gasteiger partial charge >= 0.3 is 0 Å². The van der Waals surface area contributed by atoms with Crippen LogP contribution in [0, 0.1) is 0 Å². The number of carbonyl (C=O) groups excluding carboxylic acids is 1. The number of likely N-dealkylation sites (N-methyl/N-ethyl adjacent to an activating group) is 1. The van der Waals surface area contributed by atoms with Crippen molar-refractivity contribution in [2.75, 3.05) is 35.3 Å². The first-order chi connectivity index (χ1) is 11.9. The molecular formula is C19H25ClN4O. The highest BCUT2D eigenvalue weighted by Crippen LogP contribution is 2.20. The van der Waals surface area contributed by atoms with E-state index in [0.29, 0.717) is 16.9 Å². The quantitative estimate of drug-likeness (QED) is 0.809. The molecule has 1 heterocycles. The van der Waals surface area contributed by atoms with Crippen LogP contribution in [0.5, 0.6) is 0 Å². The van der Waals surface area contributed by atoms with E-state index in [4.69, 9.17) is 11.6 Å². The molecule has 0 unspecified atom stereocenters. The van der Waals surface area contributed by atoms with Crippen molar-refractivity contribution in [3.8, 4) is 0 Å². The molecule has 6 heteroatoms. The number of aromatic nitrogens is 1. The molecule has 1 N–H and O–H groups in total. The second kappa shape index (κ2) is 8.72. The maximum Gasteiger partial charge on any atom is 0.243 e. The summed E-state index contributed by atoms with van der Waals surface area (Å²) in [6, 6.07) is 11.9. The summed E-state index contributed by atoms with van der Waals surface area (Å²) in [5.74, 6) is 0.605. The van der Waals surface area contributed by atoms with Crippen LogP contribution in [0.1, 0.15) is 20.8 Å². The second-order valence-electron chi connectivity index (χ2n) is 6.17. The van der Waals surface area contributed by atoms with Crippen molar-refractivity contribution in [1.82, 2.24) is 4.98 Å². The topological polar surface area (TPSA) is 48.5 Å². The van der Waals surface area contributed by atoms with Crippen molar-refractivity contribution in [3.63, 3.8) is 0 Å². The van der Waals surface area contributed by atoms with Gasteiger partial charge in [0.25, 0.3) is 0 Å². The molecule has 1 aromatic carbocycles. The first kappa shape index (κ1) is 19.1. The van der Waals surface area contributed by atoms with Gasteiger partial charge in [0.05, 0.1) is 11.6 Å². The summed E-state index contributed by atoms with van der Waals surface area (Å²) < 4.78 is 0. The Bertz CT molecular complexity index is 686. The summed E-state index contributed by atoms with van der Waals surface area (Å²) in [7, 11) is 1.82. The van der Waals surface area contributed by atoms with Gasteiger partial charge in [-0.15, -0.1) is 0 Å². The van der Waals surface area contributed by atoms with Crippen LogP contribution in [0.25, 0.3) is 0 Å². The highest BCUT2D eigenvalue weighted by Gasteiger charge is 2.11. The van der Waals surface area contributed by atoms with Gasteiger partial charge in [-0.3, -0.25) is 4.79 Å². The van der Waals surface area contributed by atoms with Crippen molar-refractivity contribution in [2.24, 2.45) is 0 Å². The number of amides is 1. The van der Waals surface area contributed by atoms with Crippen molar-refractivity contribution in [3.05, 3.63) is 47.6 Å². The summed E-state index contributed by atoms with van der Waals surface area (Å²) in [6.45, 7) is 7.63. The van der Waals surface area contributed by atoms with E-state index >= 15 is 0 Å². The Morgan fingerprint density at radius 3 is 2.40 bits per heavy atom. The highest BCUT2D eigenvalue weighted by molar-refractivity contribution is 6.30. The lowest BCUT2D eigenvalue weighted by Gasteiger charge is -2.27. The van der Waals surface area contributed by atoms with E-state index in [1.54, 1.807) is 23.2 Å². The van der Waals surface area contributed by atoms with Crippen LogP contribution in [0.4, 0.5) is 17.2 Å². The molecule has 25 heavy (non-hydrogen) atoms. The van der Waals surface area contributed by atoms with Gasteiger partial charge in [-0.05, 0) is 57.2 Å². The van der Waals surface area contributed by atoms with Gasteiger partial charge in [0, 0.05) is 37.2 Å². The molecule has 2 rings (SSSR count). The Labute approximate surface area is 154 Å². The van der Waals surface area contributed by atoms with Gasteiger partial charge in [0.1, 0.15) is 5.82 Å². The zero-order valence-corrected chi connectivity index (χ0v) is 15.9. The van der Waals surface area contributed by atoms with E-state index in [-0.39, 0.29) is 12.5 Å². The fourth-order valence-electron chi connectivity index (χ4n) is 2.67. The molecular weight excluding hydrogens is 336 g/mol. The van der Waals surface area contributed by atoms with Gasteiger partial charge in [-0.1, -0.05) is 11.6 Å². The summed E-state index contributed by atoms with van der Waals surface area (Å²) in [5.41, 5.74) is 1.93. The number of nitrogens with zero attached hydrogens (tertiary/aromatic N) is 3. The van der Waals surface area contributed by atoms with Gasteiger partial charge < -0.3 is 15.1 Å². The van der Waals surface area contributed by atoms with Crippen molar-refractivity contribution in [2.45, 2.75) is 26.8 Å². The molecule has 0 aliphatic heterocycles. The zero-order chi connectivity index (χ0) is 18.4. The summed E-state index contributed by atoms with van der Waals surface area (Å²) >= 11 is 5.83. The van der Waals surface area contributed by atoms with Crippen LogP contribution >= 0.6 is 11.6 Å². The van der Waals surface area contributed by atoms with Crippen LogP contribution in [0.3, 0.4) is 0 Å². The number of benzene rings is 1. The first-order valence-electron chi connectivity index (χ1n) is 8.40. The molecule has 5 nitrogen and oxygen atoms in total. The van der Waals surface area contributed by atoms with Crippen molar-refractivity contribution >= 4 is 34.7 Å². The molecule has 1 amide bonds. The Balaban J connectivity index is 1.95. The van der Waals surface area contributed by atoms with Crippen LogP contribution in [0.2, 0.25) is 5.02 Å². The zero-order valence-electron chi connectivity index (χ0n) is 15.2. The Kier molecular flexibility index (Phi) is 6.65. The van der Waals surface area contributed by atoms with Gasteiger partial charge in [-0.25, -0.2) is 4.98 Å². The monoisotopic (exact) mass is 360 g/mol. The molecule has 0 spiro atoms. The predicted molar refractivity (Wildman–Crippen MR) is 106 cm³/mol. The minimum atomic E-state index is -0.0943. The molecule has 2 aromatic rings. The van der Waals surface area contributed by atoms with E-state index in [2.05, 4.69) is 36.0 Å². The average molecular weight is 361 g/mol. The van der Waals surface area contributed by atoms with Crippen LogP contribution in [-0.2, 0) is 4.79 Å². The lowest BCUT2D eigenvalue weighted by Crippen LogP contribution is -2.31. The molecule has 0 aliphatic rings. The van der Waals surface area contributed by atoms with Crippen LogP contribution in [-0.4, -0.2) is 37.1 Å². The summed E-state index contributed by atoms with van der Waals surface area (Å²) in [4.78, 5) is 20.5. The van der Waals surface area contributed by atoms with Crippen LogP contribution in [0.15, 0.2) is 42.6 Å². The van der Waals surface area contributed by atoms with Gasteiger partial charge in [-0.2, -0.15) is 0 Å². The smallest absolute Gasteiger partial charge is 0.243 e. The number of carbonyl (C=O) groups is 1. The third kappa shape index (κ3) is 5.36. The Hall–Kier alpha value is -2.27. The minimum absolute atomic E-state index is 0.0943. The number of halogens is 1. The Morgan fingerprint density at radius 2 is 1.88 bits per heavy atom. The maximum absolute atomic E-state index is 12.2. The average Bonchev–Trinajstić information content (AvgIpc) is 2.57. The number of pyridine rings is 1. The number of anilines is 3. The van der Waals surface area contributed by atoms with E-state index < -0.39 is 0 Å². The van der Waals surface area contributed by atoms with E-state index in [1.165, 1.54) is 0 Å². The van der Waals surface area contributed by atoms with Crippen molar-refractivity contribution in [1.29, 1.82) is 0 Å². The van der Waals surface area contributed by atoms with Crippen molar-refractivity contribution < 1.29 is 4.79 Å². The summed E-state index contributed by atoms with van der Waals surface area (Å²) in [6.07, 6.45) is 1.57. The van der Waals surface area contributed by atoms with Gasteiger partial charge in [0.2, 0.25) is 5.91 Å².